The van der Waals surface area contributed by atoms with Crippen LogP contribution in [0.1, 0.15) is 99.3 Å². The molecule has 0 bridgehead atoms. The maximum absolute atomic E-state index is 10.3. The summed E-state index contributed by atoms with van der Waals surface area (Å²) in [7, 11) is 0. The number of hydrogen-bond donors (Lipinski definition) is 2. The Labute approximate surface area is 191 Å². The Balaban J connectivity index is 1.71. The molecule has 176 valence electrons. The minimum absolute atomic E-state index is 0.368. The van der Waals surface area contributed by atoms with Crippen LogP contribution in [0.5, 0.6) is 0 Å². The average Bonchev–Trinajstić information content (AvgIpc) is 3.04. The molecule has 0 amide bonds. The van der Waals surface area contributed by atoms with Crippen molar-refractivity contribution >= 4 is 0 Å². The lowest BCUT2D eigenvalue weighted by Crippen LogP contribution is -2.37. The quantitative estimate of drug-likeness (QED) is 0.438. The van der Waals surface area contributed by atoms with Crippen molar-refractivity contribution in [3.05, 3.63) is 35.5 Å². The normalized spacial score (nSPS) is 39.0. The van der Waals surface area contributed by atoms with Crippen molar-refractivity contribution in [2.45, 2.75) is 111 Å². The second-order valence-electron chi connectivity index (χ2n) is 12.2. The van der Waals surface area contributed by atoms with E-state index < -0.39 is 5.60 Å². The molecule has 0 aromatic rings. The summed E-state index contributed by atoms with van der Waals surface area (Å²) in [5.74, 6) is 3.24. The standard InChI is InChI=1S/C29H48O2/c1-19(14-16-28(5,6)31)21(3)25-12-13-26-24(9-8-15-29(25,26)7)11-10-23-17-20(2)22(4)27(30)18-23/h10-11,19-21,25-27,30-31H,4,8-9,12-18H2,1-3,5-7H3/b23-10+,24-11+/t19-,20+,21+,25?,26?,27+,29+/m0/s1. The Bertz CT molecular complexity index is 693. The Morgan fingerprint density at radius 2 is 1.90 bits per heavy atom. The summed E-state index contributed by atoms with van der Waals surface area (Å²) >= 11 is 0. The molecule has 2 heteroatoms. The van der Waals surface area contributed by atoms with Gasteiger partial charge < -0.3 is 10.2 Å². The predicted octanol–water partition coefficient (Wildman–Crippen LogP) is 7.23. The van der Waals surface area contributed by atoms with Crippen LogP contribution in [-0.2, 0) is 0 Å². The van der Waals surface area contributed by atoms with E-state index in [-0.39, 0.29) is 6.10 Å². The number of rotatable bonds is 6. The molecule has 0 aliphatic heterocycles. The van der Waals surface area contributed by atoms with Gasteiger partial charge >= 0.3 is 0 Å². The average molecular weight is 429 g/mol. The van der Waals surface area contributed by atoms with Crippen LogP contribution in [0.25, 0.3) is 0 Å². The molecule has 2 nitrogen and oxygen atoms in total. The number of fused-ring (bicyclic) bond motifs is 1. The van der Waals surface area contributed by atoms with Crippen molar-refractivity contribution in [1.82, 2.24) is 0 Å². The fourth-order valence-electron chi connectivity index (χ4n) is 7.06. The fraction of sp³-hybridized carbons (Fsp3) is 0.793. The zero-order valence-electron chi connectivity index (χ0n) is 21.1. The first-order valence-electron chi connectivity index (χ1n) is 12.9. The Hall–Kier alpha value is -0.860. The topological polar surface area (TPSA) is 40.5 Å². The van der Waals surface area contributed by atoms with Gasteiger partial charge in [-0.25, -0.2) is 0 Å². The van der Waals surface area contributed by atoms with Crippen molar-refractivity contribution < 1.29 is 10.2 Å². The second-order valence-corrected chi connectivity index (χ2v) is 12.2. The summed E-state index contributed by atoms with van der Waals surface area (Å²) in [4.78, 5) is 0. The van der Waals surface area contributed by atoms with Crippen LogP contribution in [0, 0.1) is 35.0 Å². The molecule has 3 fully saturated rings. The highest BCUT2D eigenvalue weighted by atomic mass is 16.3. The van der Waals surface area contributed by atoms with E-state index in [1.807, 2.05) is 13.8 Å². The van der Waals surface area contributed by atoms with Crippen molar-refractivity contribution in [3.63, 3.8) is 0 Å². The molecule has 3 aliphatic rings. The van der Waals surface area contributed by atoms with Gasteiger partial charge in [0, 0.05) is 0 Å². The van der Waals surface area contributed by atoms with E-state index >= 15 is 0 Å². The monoisotopic (exact) mass is 428 g/mol. The smallest absolute Gasteiger partial charge is 0.0787 e. The molecule has 2 N–H and O–H groups in total. The predicted molar refractivity (Wildman–Crippen MR) is 132 cm³/mol. The Morgan fingerprint density at radius 3 is 2.55 bits per heavy atom. The molecule has 0 radical (unpaired) electrons. The molecule has 0 aromatic heterocycles. The van der Waals surface area contributed by atoms with Gasteiger partial charge in [-0.2, -0.15) is 0 Å². The van der Waals surface area contributed by atoms with Crippen LogP contribution < -0.4 is 0 Å². The van der Waals surface area contributed by atoms with E-state index in [0.29, 0.717) is 29.1 Å². The van der Waals surface area contributed by atoms with E-state index in [1.54, 1.807) is 5.57 Å². The minimum atomic E-state index is -0.555. The third-order valence-corrected chi connectivity index (χ3v) is 9.40. The molecule has 7 atom stereocenters. The number of allylic oxidation sites excluding steroid dienone is 3. The first kappa shape index (κ1) is 24.8. The summed E-state index contributed by atoms with van der Waals surface area (Å²) in [5, 5.41) is 20.5. The van der Waals surface area contributed by atoms with E-state index in [9.17, 15) is 10.2 Å². The summed E-state index contributed by atoms with van der Waals surface area (Å²) in [6.07, 6.45) is 14.8. The van der Waals surface area contributed by atoms with E-state index in [4.69, 9.17) is 0 Å². The lowest BCUT2D eigenvalue weighted by atomic mass is 9.59. The van der Waals surface area contributed by atoms with Crippen molar-refractivity contribution in [2.24, 2.45) is 35.0 Å². The lowest BCUT2D eigenvalue weighted by Gasteiger charge is -2.45. The van der Waals surface area contributed by atoms with Crippen LogP contribution in [0.2, 0.25) is 0 Å². The van der Waals surface area contributed by atoms with E-state index in [0.717, 1.165) is 37.2 Å². The molecule has 31 heavy (non-hydrogen) atoms. The molecular formula is C29H48O2. The number of aliphatic hydroxyl groups excluding tert-OH is 1. The fourth-order valence-corrected chi connectivity index (χ4v) is 7.06. The van der Waals surface area contributed by atoms with Gasteiger partial charge in [-0.05, 0) is 112 Å². The zero-order chi connectivity index (χ0) is 23.0. The maximum atomic E-state index is 10.3. The van der Waals surface area contributed by atoms with Gasteiger partial charge in [0.05, 0.1) is 11.7 Å². The highest BCUT2D eigenvalue weighted by molar-refractivity contribution is 5.29. The van der Waals surface area contributed by atoms with Crippen LogP contribution in [-0.4, -0.2) is 21.9 Å². The molecule has 2 unspecified atom stereocenters. The van der Waals surface area contributed by atoms with Crippen LogP contribution in [0.4, 0.5) is 0 Å². The molecule has 0 aromatic carbocycles. The van der Waals surface area contributed by atoms with Crippen molar-refractivity contribution in [3.8, 4) is 0 Å². The number of hydrogen-bond acceptors (Lipinski definition) is 2. The molecule has 3 aliphatic carbocycles. The second kappa shape index (κ2) is 9.56. The van der Waals surface area contributed by atoms with Crippen LogP contribution in [0.3, 0.4) is 0 Å². The molecule has 3 rings (SSSR count). The summed E-state index contributed by atoms with van der Waals surface area (Å²) < 4.78 is 0. The minimum Gasteiger partial charge on any atom is -0.390 e. The van der Waals surface area contributed by atoms with Gasteiger partial charge in [-0.15, -0.1) is 0 Å². The van der Waals surface area contributed by atoms with Gasteiger partial charge in [0.15, 0.2) is 0 Å². The lowest BCUT2D eigenvalue weighted by molar-refractivity contribution is 0.0447. The van der Waals surface area contributed by atoms with Gasteiger partial charge in [-0.3, -0.25) is 0 Å². The van der Waals surface area contributed by atoms with Gasteiger partial charge in [0.1, 0.15) is 0 Å². The molecule has 0 spiro atoms. The van der Waals surface area contributed by atoms with E-state index in [2.05, 4.69) is 46.4 Å². The Morgan fingerprint density at radius 1 is 1.19 bits per heavy atom. The van der Waals surface area contributed by atoms with Gasteiger partial charge in [-0.1, -0.05) is 57.6 Å². The highest BCUT2D eigenvalue weighted by Gasteiger charge is 2.51. The third-order valence-electron chi connectivity index (χ3n) is 9.40. The first-order valence-corrected chi connectivity index (χ1v) is 12.9. The van der Waals surface area contributed by atoms with Crippen molar-refractivity contribution in [1.29, 1.82) is 0 Å². The van der Waals surface area contributed by atoms with E-state index in [1.165, 1.54) is 37.7 Å². The summed E-state index contributed by atoms with van der Waals surface area (Å²) in [6.45, 7) is 17.6. The SMILES string of the molecule is C=C1[C@H](C)C/C(=C\C=C2/CCC[C@@]3(C)C2CCC3[C@H](C)[C@@H](C)CCC(C)(C)O)C[C@H]1O. The van der Waals surface area contributed by atoms with Crippen LogP contribution in [0.15, 0.2) is 35.5 Å². The first-order chi connectivity index (χ1) is 14.4. The molecule has 0 saturated heterocycles. The molecular weight excluding hydrogens is 380 g/mol. The van der Waals surface area contributed by atoms with Crippen molar-refractivity contribution in [2.75, 3.05) is 0 Å². The summed E-state index contributed by atoms with van der Waals surface area (Å²) in [5.41, 5.74) is 3.91. The maximum Gasteiger partial charge on any atom is 0.0787 e. The molecule has 3 saturated carbocycles. The van der Waals surface area contributed by atoms with Crippen LogP contribution >= 0.6 is 0 Å². The van der Waals surface area contributed by atoms with Gasteiger partial charge in [0.2, 0.25) is 0 Å². The molecule has 0 heterocycles. The third kappa shape index (κ3) is 5.56. The number of aliphatic hydroxyl groups is 2. The Kier molecular flexibility index (Phi) is 7.64. The zero-order valence-corrected chi connectivity index (χ0v) is 21.1. The largest absolute Gasteiger partial charge is 0.390 e. The van der Waals surface area contributed by atoms with Gasteiger partial charge in [0.25, 0.3) is 0 Å². The summed E-state index contributed by atoms with van der Waals surface area (Å²) in [6, 6.07) is 0. The highest BCUT2D eigenvalue weighted by Crippen LogP contribution is 2.60.